The van der Waals surface area contributed by atoms with Gasteiger partial charge in [0.15, 0.2) is 9.84 Å². The monoisotopic (exact) mass is 248 g/mol. The van der Waals surface area contributed by atoms with E-state index in [0.717, 1.165) is 25.7 Å². The van der Waals surface area contributed by atoms with Crippen LogP contribution in [0.5, 0.6) is 0 Å². The molecule has 1 fully saturated rings. The number of sulfone groups is 1. The molecule has 0 atom stereocenters. The fourth-order valence-corrected chi connectivity index (χ4v) is 3.31. The van der Waals surface area contributed by atoms with Crippen LogP contribution in [-0.2, 0) is 9.84 Å². The molecule has 94 valence electrons. The van der Waals surface area contributed by atoms with Crippen molar-refractivity contribution in [3.05, 3.63) is 0 Å². The fraction of sp³-hybridized carbons (Fsp3) is 0.900. The van der Waals surface area contributed by atoms with E-state index >= 15 is 0 Å². The highest BCUT2D eigenvalue weighted by Gasteiger charge is 2.31. The summed E-state index contributed by atoms with van der Waals surface area (Å²) in [5.41, 5.74) is 0. The van der Waals surface area contributed by atoms with Crippen LogP contribution in [-0.4, -0.2) is 49.6 Å². The molecule has 0 N–H and O–H groups in total. The summed E-state index contributed by atoms with van der Waals surface area (Å²) in [6.45, 7) is 2.66. The van der Waals surface area contributed by atoms with Gasteiger partial charge in [-0.15, -0.1) is 0 Å². The minimum atomic E-state index is -3.13. The third-order valence-electron chi connectivity index (χ3n) is 2.62. The molecule has 1 aliphatic rings. The fourth-order valence-electron chi connectivity index (χ4n) is 1.81. The number of rotatable bonds is 5. The molecular formula is C10H20N2O3S. The molecule has 1 heterocycles. The van der Waals surface area contributed by atoms with Crippen molar-refractivity contribution in [2.45, 2.75) is 32.6 Å². The molecule has 16 heavy (non-hydrogen) atoms. The summed E-state index contributed by atoms with van der Waals surface area (Å²) >= 11 is 0. The Morgan fingerprint density at radius 1 is 1.19 bits per heavy atom. The van der Waals surface area contributed by atoms with Crippen molar-refractivity contribution in [3.63, 3.8) is 0 Å². The first-order valence-corrected chi connectivity index (χ1v) is 7.49. The van der Waals surface area contributed by atoms with Crippen LogP contribution in [0, 0.1) is 0 Å². The minimum absolute atomic E-state index is 0.123. The normalized spacial score (nSPS) is 20.2. The summed E-state index contributed by atoms with van der Waals surface area (Å²) in [6, 6.07) is -0.175. The van der Waals surface area contributed by atoms with Crippen LogP contribution in [0.4, 0.5) is 4.79 Å². The molecular weight excluding hydrogens is 228 g/mol. The second-order valence-electron chi connectivity index (χ2n) is 4.31. The highest BCUT2D eigenvalue weighted by atomic mass is 32.2. The van der Waals surface area contributed by atoms with Crippen molar-refractivity contribution in [2.75, 3.05) is 25.3 Å². The van der Waals surface area contributed by atoms with Crippen molar-refractivity contribution in [1.82, 2.24) is 9.80 Å². The Bertz CT molecular complexity index is 340. The maximum atomic E-state index is 11.7. The molecule has 6 heteroatoms. The maximum Gasteiger partial charge on any atom is 0.321 e. The minimum Gasteiger partial charge on any atom is -0.313 e. The average Bonchev–Trinajstić information content (AvgIpc) is 2.19. The predicted molar refractivity (Wildman–Crippen MR) is 62.7 cm³/mol. The molecule has 0 spiro atoms. The molecule has 1 rings (SSSR count). The highest BCUT2D eigenvalue weighted by Crippen LogP contribution is 2.12. The van der Waals surface area contributed by atoms with Gasteiger partial charge >= 0.3 is 6.03 Å². The summed E-state index contributed by atoms with van der Waals surface area (Å²) in [4.78, 5) is 14.4. The van der Waals surface area contributed by atoms with Crippen molar-refractivity contribution in [2.24, 2.45) is 0 Å². The van der Waals surface area contributed by atoms with Crippen molar-refractivity contribution in [1.29, 1.82) is 0 Å². The van der Waals surface area contributed by atoms with Gasteiger partial charge in [-0.3, -0.25) is 0 Å². The zero-order valence-electron chi connectivity index (χ0n) is 9.98. The third kappa shape index (κ3) is 3.66. The Morgan fingerprint density at radius 3 is 2.50 bits per heavy atom. The van der Waals surface area contributed by atoms with Crippen LogP contribution < -0.4 is 0 Å². The lowest BCUT2D eigenvalue weighted by molar-refractivity contribution is 0.169. The van der Waals surface area contributed by atoms with Crippen LogP contribution in [0.1, 0.15) is 32.6 Å². The number of hydrogen-bond donors (Lipinski definition) is 0. The maximum absolute atomic E-state index is 11.7. The van der Waals surface area contributed by atoms with Gasteiger partial charge in [-0.05, 0) is 6.42 Å². The number of amides is 2. The molecule has 0 bridgehead atoms. The van der Waals surface area contributed by atoms with E-state index in [0.29, 0.717) is 6.54 Å². The van der Waals surface area contributed by atoms with Gasteiger partial charge in [-0.2, -0.15) is 0 Å². The number of hydrogen-bond acceptors (Lipinski definition) is 3. The summed E-state index contributed by atoms with van der Waals surface area (Å²) in [7, 11) is -1.60. The molecule has 0 radical (unpaired) electrons. The molecule has 0 unspecified atom stereocenters. The Morgan fingerprint density at radius 2 is 1.88 bits per heavy atom. The van der Waals surface area contributed by atoms with E-state index in [-0.39, 0.29) is 17.8 Å². The molecule has 1 aliphatic heterocycles. The van der Waals surface area contributed by atoms with Gasteiger partial charge in [0.05, 0.1) is 0 Å². The van der Waals surface area contributed by atoms with Crippen LogP contribution in [0.25, 0.3) is 0 Å². The molecule has 5 nitrogen and oxygen atoms in total. The standard InChI is InChI=1S/C10H20N2O3S/c1-3-4-5-6-7-12-9-16(14,15)8-11(2)10(12)13/h3-9H2,1-2H3. The van der Waals surface area contributed by atoms with Crippen molar-refractivity contribution >= 4 is 15.9 Å². The number of carbonyl (C=O) groups is 1. The molecule has 0 aromatic heterocycles. The smallest absolute Gasteiger partial charge is 0.313 e. The zero-order chi connectivity index (χ0) is 12.2. The number of unbranched alkanes of at least 4 members (excludes halogenated alkanes) is 3. The van der Waals surface area contributed by atoms with Crippen LogP contribution >= 0.6 is 0 Å². The highest BCUT2D eigenvalue weighted by molar-refractivity contribution is 7.91. The van der Waals surface area contributed by atoms with E-state index in [1.165, 1.54) is 16.8 Å². The largest absolute Gasteiger partial charge is 0.321 e. The van der Waals surface area contributed by atoms with Gasteiger partial charge in [0.2, 0.25) is 0 Å². The quantitative estimate of drug-likeness (QED) is 0.688. The first-order valence-electron chi connectivity index (χ1n) is 5.67. The Balaban J connectivity index is 2.47. The Hall–Kier alpha value is -0.780. The van der Waals surface area contributed by atoms with Crippen molar-refractivity contribution < 1.29 is 13.2 Å². The Kier molecular flexibility index (Phi) is 4.58. The van der Waals surface area contributed by atoms with E-state index in [9.17, 15) is 13.2 Å². The topological polar surface area (TPSA) is 57.7 Å². The molecule has 0 saturated carbocycles. The van der Waals surface area contributed by atoms with Gasteiger partial charge < -0.3 is 9.80 Å². The summed E-state index contributed by atoms with van der Waals surface area (Å²) in [5, 5.41) is 0. The molecule has 0 aromatic rings. The summed E-state index contributed by atoms with van der Waals surface area (Å²) < 4.78 is 22.9. The van der Waals surface area contributed by atoms with Gasteiger partial charge in [0, 0.05) is 13.6 Å². The third-order valence-corrected chi connectivity index (χ3v) is 4.11. The van der Waals surface area contributed by atoms with Gasteiger partial charge in [-0.1, -0.05) is 26.2 Å². The Labute approximate surface area is 97.3 Å². The van der Waals surface area contributed by atoms with Crippen LogP contribution in [0.15, 0.2) is 0 Å². The average molecular weight is 248 g/mol. The molecule has 0 aliphatic carbocycles. The molecule has 2 amide bonds. The second-order valence-corrected chi connectivity index (χ2v) is 6.31. The van der Waals surface area contributed by atoms with Crippen LogP contribution in [0.3, 0.4) is 0 Å². The lowest BCUT2D eigenvalue weighted by Crippen LogP contribution is -2.52. The number of carbonyl (C=O) groups excluding carboxylic acids is 1. The number of nitrogens with zero attached hydrogens (tertiary/aromatic N) is 2. The van der Waals surface area contributed by atoms with E-state index in [1.54, 1.807) is 0 Å². The number of urea groups is 1. The first kappa shape index (κ1) is 13.3. The molecule has 0 aromatic carbocycles. The van der Waals surface area contributed by atoms with E-state index in [4.69, 9.17) is 0 Å². The van der Waals surface area contributed by atoms with Gasteiger partial charge in [0.25, 0.3) is 0 Å². The predicted octanol–water partition coefficient (Wildman–Crippen LogP) is 1.26. The molecule has 1 saturated heterocycles. The lowest BCUT2D eigenvalue weighted by atomic mass is 10.2. The SMILES string of the molecule is CCCCCCN1CS(=O)(=O)CN(C)C1=O. The van der Waals surface area contributed by atoms with Crippen LogP contribution in [0.2, 0.25) is 0 Å². The van der Waals surface area contributed by atoms with Crippen molar-refractivity contribution in [3.8, 4) is 0 Å². The first-order chi connectivity index (χ1) is 7.46. The summed E-state index contributed by atoms with van der Waals surface area (Å²) in [6.07, 6.45) is 4.18. The summed E-state index contributed by atoms with van der Waals surface area (Å²) in [5.74, 6) is -0.278. The zero-order valence-corrected chi connectivity index (χ0v) is 10.8. The lowest BCUT2D eigenvalue weighted by Gasteiger charge is -2.32. The van der Waals surface area contributed by atoms with Gasteiger partial charge in [-0.25, -0.2) is 13.2 Å². The van der Waals surface area contributed by atoms with Gasteiger partial charge in [0.1, 0.15) is 11.8 Å². The van der Waals surface area contributed by atoms with E-state index < -0.39 is 9.84 Å². The van der Waals surface area contributed by atoms with E-state index in [2.05, 4.69) is 6.92 Å². The second kappa shape index (κ2) is 5.52. The van der Waals surface area contributed by atoms with E-state index in [1.807, 2.05) is 0 Å².